The minimum Gasteiger partial charge on any atom is -0.497 e. The Bertz CT molecular complexity index is 565. The first-order valence-corrected chi connectivity index (χ1v) is 6.46. The van der Waals surface area contributed by atoms with Crippen LogP contribution in [0.3, 0.4) is 0 Å². The van der Waals surface area contributed by atoms with Crippen LogP contribution in [0.15, 0.2) is 42.5 Å². The number of rotatable bonds is 2. The van der Waals surface area contributed by atoms with Gasteiger partial charge in [0, 0.05) is 11.3 Å². The summed E-state index contributed by atoms with van der Waals surface area (Å²) in [7, 11) is 1.67. The van der Waals surface area contributed by atoms with E-state index in [4.69, 9.17) is 10.5 Å². The molecule has 19 heavy (non-hydrogen) atoms. The average molecular weight is 255 g/mol. The van der Waals surface area contributed by atoms with Gasteiger partial charge in [0.15, 0.2) is 0 Å². The summed E-state index contributed by atoms with van der Waals surface area (Å²) in [5.41, 5.74) is 10.5. The Hall–Kier alpha value is -1.96. The Morgan fingerprint density at radius 1 is 0.947 bits per heavy atom. The lowest BCUT2D eigenvalue weighted by atomic mass is 9.85. The van der Waals surface area contributed by atoms with Crippen molar-refractivity contribution < 1.29 is 4.74 Å². The third-order valence-corrected chi connectivity index (χ3v) is 3.32. The Morgan fingerprint density at radius 3 is 2.11 bits per heavy atom. The molecule has 2 aromatic rings. The van der Waals surface area contributed by atoms with Crippen molar-refractivity contribution in [3.05, 3.63) is 48.0 Å². The summed E-state index contributed by atoms with van der Waals surface area (Å²) >= 11 is 0. The van der Waals surface area contributed by atoms with Crippen molar-refractivity contribution in [3.63, 3.8) is 0 Å². The SMILES string of the molecule is COc1ccc(-c2cc(C(C)(C)C)ccc2N)cc1. The van der Waals surface area contributed by atoms with Gasteiger partial charge in [-0.3, -0.25) is 0 Å². The maximum absolute atomic E-state index is 6.10. The molecule has 0 aliphatic heterocycles. The minimum atomic E-state index is 0.120. The van der Waals surface area contributed by atoms with Crippen LogP contribution in [0.1, 0.15) is 26.3 Å². The molecule has 0 unspecified atom stereocenters. The fourth-order valence-electron chi connectivity index (χ4n) is 2.04. The van der Waals surface area contributed by atoms with Crippen LogP contribution in [0.5, 0.6) is 5.75 Å². The van der Waals surface area contributed by atoms with Gasteiger partial charge in [-0.25, -0.2) is 0 Å². The van der Waals surface area contributed by atoms with Gasteiger partial charge in [-0.2, -0.15) is 0 Å². The van der Waals surface area contributed by atoms with Crippen LogP contribution < -0.4 is 10.5 Å². The van der Waals surface area contributed by atoms with E-state index in [9.17, 15) is 0 Å². The molecule has 2 nitrogen and oxygen atoms in total. The first-order chi connectivity index (χ1) is 8.91. The van der Waals surface area contributed by atoms with Crippen LogP contribution in [-0.2, 0) is 5.41 Å². The van der Waals surface area contributed by atoms with E-state index >= 15 is 0 Å². The zero-order chi connectivity index (χ0) is 14.0. The van der Waals surface area contributed by atoms with E-state index in [1.54, 1.807) is 7.11 Å². The van der Waals surface area contributed by atoms with Crippen LogP contribution in [-0.4, -0.2) is 7.11 Å². The van der Waals surface area contributed by atoms with Crippen LogP contribution >= 0.6 is 0 Å². The van der Waals surface area contributed by atoms with E-state index in [1.807, 2.05) is 30.3 Å². The fraction of sp³-hybridized carbons (Fsp3) is 0.294. The van der Waals surface area contributed by atoms with Crippen LogP contribution in [0, 0.1) is 0 Å². The molecule has 2 heteroatoms. The smallest absolute Gasteiger partial charge is 0.118 e. The summed E-state index contributed by atoms with van der Waals surface area (Å²) in [6.07, 6.45) is 0. The molecule has 0 aliphatic carbocycles. The number of benzene rings is 2. The summed E-state index contributed by atoms with van der Waals surface area (Å²) in [4.78, 5) is 0. The largest absolute Gasteiger partial charge is 0.497 e. The van der Waals surface area contributed by atoms with Crippen molar-refractivity contribution in [2.75, 3.05) is 12.8 Å². The standard InChI is InChI=1S/C17H21NO/c1-17(2,3)13-7-10-16(18)15(11-13)12-5-8-14(19-4)9-6-12/h5-11H,18H2,1-4H3. The average Bonchev–Trinajstić information content (AvgIpc) is 2.38. The van der Waals surface area contributed by atoms with Crippen LogP contribution in [0.25, 0.3) is 11.1 Å². The van der Waals surface area contributed by atoms with Gasteiger partial charge in [0.2, 0.25) is 0 Å². The molecule has 0 aliphatic rings. The maximum atomic E-state index is 6.10. The van der Waals surface area contributed by atoms with Crippen LogP contribution in [0.2, 0.25) is 0 Å². The summed E-state index contributed by atoms with van der Waals surface area (Å²) in [6, 6.07) is 14.3. The lowest BCUT2D eigenvalue weighted by Crippen LogP contribution is -2.11. The van der Waals surface area contributed by atoms with Gasteiger partial charge in [-0.15, -0.1) is 0 Å². The highest BCUT2D eigenvalue weighted by atomic mass is 16.5. The third-order valence-electron chi connectivity index (χ3n) is 3.32. The van der Waals surface area contributed by atoms with Crippen molar-refractivity contribution in [2.45, 2.75) is 26.2 Å². The molecular weight excluding hydrogens is 234 g/mol. The first-order valence-electron chi connectivity index (χ1n) is 6.46. The van der Waals surface area contributed by atoms with Crippen molar-refractivity contribution in [2.24, 2.45) is 0 Å². The van der Waals surface area contributed by atoms with Gasteiger partial charge < -0.3 is 10.5 Å². The molecule has 0 amide bonds. The molecule has 2 rings (SSSR count). The van der Waals surface area contributed by atoms with Crippen molar-refractivity contribution in [3.8, 4) is 16.9 Å². The third kappa shape index (κ3) is 2.90. The van der Waals surface area contributed by atoms with Gasteiger partial charge in [0.25, 0.3) is 0 Å². The molecular formula is C17H21NO. The van der Waals surface area contributed by atoms with Crippen molar-refractivity contribution in [1.29, 1.82) is 0 Å². The number of hydrogen-bond donors (Lipinski definition) is 1. The number of methoxy groups -OCH3 is 1. The monoisotopic (exact) mass is 255 g/mol. The fourth-order valence-corrected chi connectivity index (χ4v) is 2.04. The molecule has 2 aromatic carbocycles. The highest BCUT2D eigenvalue weighted by Gasteiger charge is 2.15. The lowest BCUT2D eigenvalue weighted by molar-refractivity contribution is 0.415. The molecule has 0 atom stereocenters. The molecule has 0 aromatic heterocycles. The predicted molar refractivity (Wildman–Crippen MR) is 81.5 cm³/mol. The highest BCUT2D eigenvalue weighted by molar-refractivity contribution is 5.77. The summed E-state index contributed by atoms with van der Waals surface area (Å²) in [6.45, 7) is 6.61. The van der Waals surface area contributed by atoms with Crippen molar-refractivity contribution >= 4 is 5.69 Å². The summed E-state index contributed by atoms with van der Waals surface area (Å²) in [5.74, 6) is 0.856. The van der Waals surface area contributed by atoms with Crippen molar-refractivity contribution in [1.82, 2.24) is 0 Å². The second-order valence-corrected chi connectivity index (χ2v) is 5.78. The van der Waals surface area contributed by atoms with E-state index in [0.29, 0.717) is 0 Å². The Kier molecular flexibility index (Phi) is 3.52. The number of ether oxygens (including phenoxy) is 1. The predicted octanol–water partition coefficient (Wildman–Crippen LogP) is 4.24. The Morgan fingerprint density at radius 2 is 1.58 bits per heavy atom. The van der Waals surface area contributed by atoms with Gasteiger partial charge >= 0.3 is 0 Å². The normalized spacial score (nSPS) is 11.4. The van der Waals surface area contributed by atoms with E-state index in [1.165, 1.54) is 5.56 Å². The molecule has 2 N–H and O–H groups in total. The minimum absolute atomic E-state index is 0.120. The highest BCUT2D eigenvalue weighted by Crippen LogP contribution is 2.32. The zero-order valence-electron chi connectivity index (χ0n) is 12.0. The van der Waals surface area contributed by atoms with E-state index < -0.39 is 0 Å². The van der Waals surface area contributed by atoms with Gasteiger partial charge in [0.1, 0.15) is 5.75 Å². The molecule has 0 fully saturated rings. The van der Waals surface area contributed by atoms with Crippen LogP contribution in [0.4, 0.5) is 5.69 Å². The topological polar surface area (TPSA) is 35.2 Å². The quantitative estimate of drug-likeness (QED) is 0.814. The molecule has 0 radical (unpaired) electrons. The molecule has 0 saturated carbocycles. The number of anilines is 1. The molecule has 0 spiro atoms. The van der Waals surface area contributed by atoms with Gasteiger partial charge in [0.05, 0.1) is 7.11 Å². The Labute approximate surface area is 115 Å². The number of nitrogen functional groups attached to an aromatic ring is 1. The Balaban J connectivity index is 2.48. The molecule has 0 bridgehead atoms. The number of hydrogen-bond acceptors (Lipinski definition) is 2. The van der Waals surface area contributed by atoms with E-state index in [0.717, 1.165) is 22.6 Å². The summed E-state index contributed by atoms with van der Waals surface area (Å²) < 4.78 is 5.18. The van der Waals surface area contributed by atoms with E-state index in [-0.39, 0.29) is 5.41 Å². The molecule has 0 saturated heterocycles. The molecule has 100 valence electrons. The van der Waals surface area contributed by atoms with E-state index in [2.05, 4.69) is 32.9 Å². The maximum Gasteiger partial charge on any atom is 0.118 e. The second-order valence-electron chi connectivity index (χ2n) is 5.78. The zero-order valence-corrected chi connectivity index (χ0v) is 12.0. The van der Waals surface area contributed by atoms with Gasteiger partial charge in [-0.05, 0) is 40.8 Å². The number of nitrogens with two attached hydrogens (primary N) is 1. The first kappa shape index (κ1) is 13.5. The molecule has 0 heterocycles. The summed E-state index contributed by atoms with van der Waals surface area (Å²) in [5, 5.41) is 0. The lowest BCUT2D eigenvalue weighted by Gasteiger charge is -2.20. The van der Waals surface area contributed by atoms with Gasteiger partial charge in [-0.1, -0.05) is 39.0 Å². The second kappa shape index (κ2) is 4.96.